The minimum absolute atomic E-state index is 0.131. The second kappa shape index (κ2) is 7.93. The summed E-state index contributed by atoms with van der Waals surface area (Å²) in [5.74, 6) is -0.606. The van der Waals surface area contributed by atoms with Gasteiger partial charge in [-0.3, -0.25) is 9.48 Å². The van der Waals surface area contributed by atoms with Crippen molar-refractivity contribution in [3.8, 4) is 0 Å². The average molecular weight is 418 g/mol. The van der Waals surface area contributed by atoms with E-state index >= 15 is 0 Å². The highest BCUT2D eigenvalue weighted by molar-refractivity contribution is 7.20. The van der Waals surface area contributed by atoms with E-state index in [-0.39, 0.29) is 12.5 Å². The summed E-state index contributed by atoms with van der Waals surface area (Å²) in [5, 5.41) is 6.16. The first kappa shape index (κ1) is 19.0. The van der Waals surface area contributed by atoms with Crippen molar-refractivity contribution < 1.29 is 14.3 Å². The van der Waals surface area contributed by atoms with Crippen LogP contribution in [0.2, 0.25) is 5.02 Å². The summed E-state index contributed by atoms with van der Waals surface area (Å²) in [5.41, 5.74) is 1.80. The third kappa shape index (κ3) is 3.77. The Kier molecular flexibility index (Phi) is 5.37. The molecule has 1 saturated heterocycles. The Morgan fingerprint density at radius 1 is 1.25 bits per heavy atom. The zero-order chi connectivity index (χ0) is 19.7. The van der Waals surface area contributed by atoms with Crippen molar-refractivity contribution in [2.45, 2.75) is 26.3 Å². The van der Waals surface area contributed by atoms with Crippen LogP contribution in [0.25, 0.3) is 10.2 Å². The van der Waals surface area contributed by atoms with Gasteiger partial charge < -0.3 is 9.64 Å². The van der Waals surface area contributed by atoms with Gasteiger partial charge in [-0.2, -0.15) is 5.10 Å². The van der Waals surface area contributed by atoms with Gasteiger partial charge in [-0.15, -0.1) is 11.3 Å². The second-order valence-corrected chi connectivity index (χ2v) is 8.27. The van der Waals surface area contributed by atoms with Gasteiger partial charge in [0.05, 0.1) is 12.2 Å². The molecule has 0 unspecified atom stereocenters. The molecule has 3 heterocycles. The molecule has 146 valence electrons. The Bertz CT molecular complexity index is 1040. The molecule has 0 N–H and O–H groups in total. The third-order valence-electron chi connectivity index (χ3n) is 4.87. The van der Waals surface area contributed by atoms with Gasteiger partial charge >= 0.3 is 5.97 Å². The number of hydrogen-bond donors (Lipinski definition) is 0. The van der Waals surface area contributed by atoms with Crippen LogP contribution < -0.4 is 0 Å². The van der Waals surface area contributed by atoms with Gasteiger partial charge in [-0.05, 0) is 37.5 Å². The molecule has 6 nitrogen and oxygen atoms in total. The molecular weight excluding hydrogens is 398 g/mol. The Hall–Kier alpha value is -2.38. The minimum Gasteiger partial charge on any atom is -0.451 e. The lowest BCUT2D eigenvalue weighted by atomic mass is 10.2. The van der Waals surface area contributed by atoms with E-state index in [1.54, 1.807) is 11.0 Å². The van der Waals surface area contributed by atoms with Crippen LogP contribution in [0.1, 0.15) is 33.8 Å². The lowest BCUT2D eigenvalue weighted by molar-refractivity contribution is -0.133. The number of ether oxygens (including phenoxy) is 1. The molecule has 1 amide bonds. The van der Waals surface area contributed by atoms with Crippen molar-refractivity contribution >= 4 is 45.0 Å². The van der Waals surface area contributed by atoms with E-state index in [0.29, 0.717) is 16.4 Å². The quantitative estimate of drug-likeness (QED) is 0.591. The van der Waals surface area contributed by atoms with Crippen molar-refractivity contribution in [3.63, 3.8) is 0 Å². The van der Waals surface area contributed by atoms with Crippen molar-refractivity contribution in [1.29, 1.82) is 0 Å². The predicted octanol–water partition coefficient (Wildman–Crippen LogP) is 3.89. The number of fused-ring (bicyclic) bond motifs is 1. The molecule has 0 atom stereocenters. The molecule has 0 saturated carbocycles. The fourth-order valence-electron chi connectivity index (χ4n) is 3.36. The first-order valence-electron chi connectivity index (χ1n) is 9.18. The second-order valence-electron chi connectivity index (χ2n) is 6.83. The molecule has 1 aliphatic rings. The molecule has 0 bridgehead atoms. The van der Waals surface area contributed by atoms with Crippen LogP contribution in [0.4, 0.5) is 0 Å². The standard InChI is InChI=1S/C20H20ClN3O3S/c1-13-15-10-17(20(26)27-12-18(25)23-8-4-5-9-23)28-19(15)24(22-13)11-14-6-2-3-7-16(14)21/h2-3,6-7,10H,4-5,8-9,11-12H2,1H3. The number of aromatic nitrogens is 2. The highest BCUT2D eigenvalue weighted by Gasteiger charge is 2.22. The van der Waals surface area contributed by atoms with Crippen LogP contribution in [0.3, 0.4) is 0 Å². The number of nitrogens with zero attached hydrogens (tertiary/aromatic N) is 3. The van der Waals surface area contributed by atoms with Crippen molar-refractivity contribution in [2.24, 2.45) is 0 Å². The average Bonchev–Trinajstić information content (AvgIpc) is 3.41. The van der Waals surface area contributed by atoms with Crippen LogP contribution in [0.5, 0.6) is 0 Å². The van der Waals surface area contributed by atoms with Gasteiger partial charge in [0, 0.05) is 23.5 Å². The number of halogens is 1. The number of carbonyl (C=O) groups excluding carboxylic acids is 2. The van der Waals surface area contributed by atoms with Crippen LogP contribution in [-0.2, 0) is 16.1 Å². The first-order chi connectivity index (χ1) is 13.5. The molecule has 1 fully saturated rings. The molecule has 1 aliphatic heterocycles. The molecule has 3 aromatic rings. The Labute approximate surface area is 171 Å². The summed E-state index contributed by atoms with van der Waals surface area (Å²) in [4.78, 5) is 27.6. The number of likely N-dealkylation sites (tertiary alicyclic amines) is 1. The van der Waals surface area contributed by atoms with Crippen LogP contribution in [-0.4, -0.2) is 46.3 Å². The SMILES string of the molecule is Cc1nn(Cc2ccccc2Cl)c2sc(C(=O)OCC(=O)N3CCCC3)cc12. The molecular formula is C20H20ClN3O3S. The number of rotatable bonds is 5. The molecule has 0 spiro atoms. The first-order valence-corrected chi connectivity index (χ1v) is 10.4. The molecule has 1 aromatic carbocycles. The third-order valence-corrected chi connectivity index (χ3v) is 6.37. The van der Waals surface area contributed by atoms with Gasteiger partial charge in [0.15, 0.2) is 6.61 Å². The van der Waals surface area contributed by atoms with Gasteiger partial charge in [-0.1, -0.05) is 29.8 Å². The van der Waals surface area contributed by atoms with E-state index in [4.69, 9.17) is 16.3 Å². The summed E-state index contributed by atoms with van der Waals surface area (Å²) in [7, 11) is 0. The normalized spacial score (nSPS) is 14.0. The summed E-state index contributed by atoms with van der Waals surface area (Å²) < 4.78 is 7.10. The van der Waals surface area contributed by atoms with Crippen LogP contribution in [0, 0.1) is 6.92 Å². The van der Waals surface area contributed by atoms with Gasteiger partial charge in [-0.25, -0.2) is 4.79 Å². The summed E-state index contributed by atoms with van der Waals surface area (Å²) in [6.07, 6.45) is 2.02. The zero-order valence-electron chi connectivity index (χ0n) is 15.5. The fraction of sp³-hybridized carbons (Fsp3) is 0.350. The van der Waals surface area contributed by atoms with E-state index < -0.39 is 5.97 Å². The fourth-order valence-corrected chi connectivity index (χ4v) is 4.61. The van der Waals surface area contributed by atoms with Crippen LogP contribution in [0.15, 0.2) is 30.3 Å². The number of benzene rings is 1. The van der Waals surface area contributed by atoms with Crippen molar-refractivity contribution in [3.05, 3.63) is 51.5 Å². The highest BCUT2D eigenvalue weighted by atomic mass is 35.5. The van der Waals surface area contributed by atoms with E-state index in [2.05, 4.69) is 5.10 Å². The number of carbonyl (C=O) groups is 2. The maximum absolute atomic E-state index is 12.4. The van der Waals surface area contributed by atoms with E-state index in [1.807, 2.05) is 35.9 Å². The Morgan fingerprint density at radius 2 is 2.00 bits per heavy atom. The predicted molar refractivity (Wildman–Crippen MR) is 109 cm³/mol. The molecule has 8 heteroatoms. The molecule has 2 aromatic heterocycles. The number of amides is 1. The summed E-state index contributed by atoms with van der Waals surface area (Å²) in [6, 6.07) is 9.41. The smallest absolute Gasteiger partial charge is 0.348 e. The maximum Gasteiger partial charge on any atom is 0.348 e. The van der Waals surface area contributed by atoms with E-state index in [0.717, 1.165) is 47.4 Å². The molecule has 4 rings (SSSR count). The highest BCUT2D eigenvalue weighted by Crippen LogP contribution is 2.30. The zero-order valence-corrected chi connectivity index (χ0v) is 17.1. The van der Waals surface area contributed by atoms with Crippen molar-refractivity contribution in [2.75, 3.05) is 19.7 Å². The van der Waals surface area contributed by atoms with Crippen molar-refractivity contribution in [1.82, 2.24) is 14.7 Å². The molecule has 0 aliphatic carbocycles. The van der Waals surface area contributed by atoms with E-state index in [9.17, 15) is 9.59 Å². The van der Waals surface area contributed by atoms with Gasteiger partial charge in [0.25, 0.3) is 5.91 Å². The monoisotopic (exact) mass is 417 g/mol. The summed E-state index contributed by atoms with van der Waals surface area (Å²) in [6.45, 7) is 3.71. The topological polar surface area (TPSA) is 64.4 Å². The van der Waals surface area contributed by atoms with Crippen LogP contribution >= 0.6 is 22.9 Å². The van der Waals surface area contributed by atoms with E-state index in [1.165, 1.54) is 11.3 Å². The molecule has 0 radical (unpaired) electrons. The largest absolute Gasteiger partial charge is 0.451 e. The number of hydrogen-bond acceptors (Lipinski definition) is 5. The Morgan fingerprint density at radius 3 is 2.75 bits per heavy atom. The number of aryl methyl sites for hydroxylation is 1. The molecule has 28 heavy (non-hydrogen) atoms. The lowest BCUT2D eigenvalue weighted by Crippen LogP contribution is -2.31. The van der Waals surface area contributed by atoms with Gasteiger partial charge in [0.2, 0.25) is 0 Å². The maximum atomic E-state index is 12.4. The number of esters is 1. The summed E-state index contributed by atoms with van der Waals surface area (Å²) >= 11 is 7.58. The lowest BCUT2D eigenvalue weighted by Gasteiger charge is -2.14. The minimum atomic E-state index is -0.475. The Balaban J connectivity index is 1.50. The number of thiophene rings is 1. The van der Waals surface area contributed by atoms with Gasteiger partial charge in [0.1, 0.15) is 9.71 Å².